The topological polar surface area (TPSA) is 69.6 Å². The lowest BCUT2D eigenvalue weighted by molar-refractivity contribution is 0.669. The van der Waals surface area contributed by atoms with E-state index in [1.165, 1.54) is 10.8 Å². The van der Waals surface area contributed by atoms with E-state index in [4.69, 9.17) is 24.4 Å². The number of aromatic nitrogens is 5. The molecule has 6 nitrogen and oxygen atoms in total. The van der Waals surface area contributed by atoms with Gasteiger partial charge in [0.2, 0.25) is 0 Å². The molecular weight excluding hydrogens is 855 g/mol. The SMILES string of the molecule is c1ccc(-c2nc(-c3ccc(-c4ccc(-c5c6c(cc7c(-c8ccccc8)nc8ccccc8c57)oc5ccccc56)cc4)cc3)nc(-c3cccc(-n4c5ccccc5c5ccccc54)c3)n2)cc1. The van der Waals surface area contributed by atoms with Crippen molar-refractivity contribution in [1.82, 2.24) is 24.5 Å². The van der Waals surface area contributed by atoms with Gasteiger partial charge in [-0.2, -0.15) is 0 Å². The number of furan rings is 1. The fourth-order valence-corrected chi connectivity index (χ4v) is 10.4. The van der Waals surface area contributed by atoms with Gasteiger partial charge in [0.05, 0.1) is 22.2 Å². The molecule has 0 fully saturated rings. The number of rotatable bonds is 7. The molecule has 14 aromatic rings. The highest BCUT2D eigenvalue weighted by molar-refractivity contribution is 6.27. The summed E-state index contributed by atoms with van der Waals surface area (Å²) in [4.78, 5) is 20.6. The van der Waals surface area contributed by atoms with Gasteiger partial charge < -0.3 is 8.98 Å². The second kappa shape index (κ2) is 16.1. The molecule has 70 heavy (non-hydrogen) atoms. The van der Waals surface area contributed by atoms with Gasteiger partial charge in [-0.15, -0.1) is 0 Å². The fourth-order valence-electron chi connectivity index (χ4n) is 10.4. The molecular formula is C64H39N5O. The van der Waals surface area contributed by atoms with Gasteiger partial charge in [0.1, 0.15) is 11.2 Å². The largest absolute Gasteiger partial charge is 0.456 e. The predicted octanol–water partition coefficient (Wildman–Crippen LogP) is 16.6. The Kier molecular flexibility index (Phi) is 9.10. The Morgan fingerprint density at radius 3 is 1.47 bits per heavy atom. The average molecular weight is 894 g/mol. The first-order valence-electron chi connectivity index (χ1n) is 23.5. The molecule has 326 valence electrons. The maximum absolute atomic E-state index is 6.64. The van der Waals surface area contributed by atoms with Gasteiger partial charge in [-0.05, 0) is 59.2 Å². The number of fused-ring (bicyclic) bond motifs is 9. The number of pyridine rings is 1. The van der Waals surface area contributed by atoms with Crippen LogP contribution in [0.15, 0.2) is 241 Å². The van der Waals surface area contributed by atoms with Crippen LogP contribution in [0.25, 0.3) is 139 Å². The van der Waals surface area contributed by atoms with Gasteiger partial charge in [0, 0.05) is 71.2 Å². The molecule has 0 spiro atoms. The van der Waals surface area contributed by atoms with Crippen molar-refractivity contribution in [3.8, 4) is 73.4 Å². The Labute approximate surface area is 402 Å². The molecule has 6 heteroatoms. The molecule has 4 heterocycles. The molecule has 0 amide bonds. The van der Waals surface area contributed by atoms with Crippen molar-refractivity contribution in [3.63, 3.8) is 0 Å². The summed E-state index contributed by atoms with van der Waals surface area (Å²) in [6.07, 6.45) is 0. The zero-order valence-electron chi connectivity index (χ0n) is 37.7. The number of hydrogen-bond donors (Lipinski definition) is 0. The second-order valence-corrected chi connectivity index (χ2v) is 17.7. The van der Waals surface area contributed by atoms with E-state index in [2.05, 4.69) is 199 Å². The zero-order valence-corrected chi connectivity index (χ0v) is 37.7. The molecule has 0 atom stereocenters. The molecule has 14 rings (SSSR count). The van der Waals surface area contributed by atoms with E-state index >= 15 is 0 Å². The van der Waals surface area contributed by atoms with Crippen LogP contribution in [0.3, 0.4) is 0 Å². The van der Waals surface area contributed by atoms with Gasteiger partial charge >= 0.3 is 0 Å². The van der Waals surface area contributed by atoms with Crippen LogP contribution in [0.5, 0.6) is 0 Å². The van der Waals surface area contributed by atoms with E-state index in [0.29, 0.717) is 17.5 Å². The highest BCUT2D eigenvalue weighted by Gasteiger charge is 2.22. The maximum Gasteiger partial charge on any atom is 0.164 e. The van der Waals surface area contributed by atoms with Crippen LogP contribution in [-0.2, 0) is 0 Å². The number of benzene rings is 10. The third kappa shape index (κ3) is 6.49. The van der Waals surface area contributed by atoms with Crippen molar-refractivity contribution in [2.24, 2.45) is 0 Å². The summed E-state index contributed by atoms with van der Waals surface area (Å²) in [5, 5.41) is 7.94. The van der Waals surface area contributed by atoms with E-state index in [0.717, 1.165) is 111 Å². The smallest absolute Gasteiger partial charge is 0.164 e. The summed E-state index contributed by atoms with van der Waals surface area (Å²) < 4.78 is 8.96. The first-order valence-corrected chi connectivity index (χ1v) is 23.5. The molecule has 0 saturated carbocycles. The van der Waals surface area contributed by atoms with E-state index in [-0.39, 0.29) is 0 Å². The van der Waals surface area contributed by atoms with Crippen molar-refractivity contribution in [3.05, 3.63) is 237 Å². The highest BCUT2D eigenvalue weighted by atomic mass is 16.3. The van der Waals surface area contributed by atoms with Crippen LogP contribution in [-0.4, -0.2) is 24.5 Å². The first-order chi connectivity index (χ1) is 34.7. The lowest BCUT2D eigenvalue weighted by atomic mass is 9.89. The summed E-state index contributed by atoms with van der Waals surface area (Å²) in [6, 6.07) is 82.7. The fraction of sp³-hybridized carbons (Fsp3) is 0. The van der Waals surface area contributed by atoms with Crippen LogP contribution in [0.4, 0.5) is 0 Å². The standard InChI is InChI=1S/C64H39N5O/c1-3-16-43(17-4-1)61-52-39-57-60(51-25-10-14-29-56(51)70-57)58(59(52)50-24-7-11-26-53(50)65-61)42-34-30-40(31-35-42)41-32-36-45(37-33-41)63-66-62(44-18-5-2-6-19-44)67-64(68-63)46-20-15-21-47(38-46)69-54-27-12-8-22-48(54)49-23-9-13-28-55(49)69/h1-39H. The summed E-state index contributed by atoms with van der Waals surface area (Å²) in [5.41, 5.74) is 15.1. The van der Waals surface area contributed by atoms with Crippen molar-refractivity contribution in [2.45, 2.75) is 0 Å². The molecule has 0 aliphatic rings. The zero-order chi connectivity index (χ0) is 46.1. The molecule has 0 aliphatic heterocycles. The highest BCUT2D eigenvalue weighted by Crippen LogP contribution is 2.46. The van der Waals surface area contributed by atoms with Crippen LogP contribution >= 0.6 is 0 Å². The van der Waals surface area contributed by atoms with Crippen LogP contribution in [0, 0.1) is 0 Å². The summed E-state index contributed by atoms with van der Waals surface area (Å²) in [5.74, 6) is 1.84. The average Bonchev–Trinajstić information content (AvgIpc) is 3.98. The van der Waals surface area contributed by atoms with Gasteiger partial charge in [-0.3, -0.25) is 0 Å². The molecule has 4 aromatic heterocycles. The van der Waals surface area contributed by atoms with E-state index < -0.39 is 0 Å². The van der Waals surface area contributed by atoms with Gasteiger partial charge in [0.15, 0.2) is 17.5 Å². The third-order valence-corrected chi connectivity index (χ3v) is 13.6. The minimum Gasteiger partial charge on any atom is -0.456 e. The van der Waals surface area contributed by atoms with E-state index in [9.17, 15) is 0 Å². The lowest BCUT2D eigenvalue weighted by Gasteiger charge is -2.16. The number of nitrogens with zero attached hydrogens (tertiary/aromatic N) is 5. The Balaban J connectivity index is 0.867. The number of para-hydroxylation sites is 4. The van der Waals surface area contributed by atoms with Crippen molar-refractivity contribution in [1.29, 1.82) is 0 Å². The first kappa shape index (κ1) is 39.6. The Morgan fingerprint density at radius 2 is 0.800 bits per heavy atom. The molecule has 0 bridgehead atoms. The maximum atomic E-state index is 6.64. The minimum absolute atomic E-state index is 0.608. The summed E-state index contributed by atoms with van der Waals surface area (Å²) >= 11 is 0. The van der Waals surface area contributed by atoms with Crippen molar-refractivity contribution < 1.29 is 4.42 Å². The van der Waals surface area contributed by atoms with Crippen molar-refractivity contribution >= 4 is 65.4 Å². The van der Waals surface area contributed by atoms with Crippen LogP contribution in [0.1, 0.15) is 0 Å². The lowest BCUT2D eigenvalue weighted by Crippen LogP contribution is -2.01. The van der Waals surface area contributed by atoms with E-state index in [1.54, 1.807) is 0 Å². The van der Waals surface area contributed by atoms with E-state index in [1.807, 2.05) is 42.5 Å². The van der Waals surface area contributed by atoms with Gasteiger partial charge in [0.25, 0.3) is 0 Å². The molecule has 0 unspecified atom stereocenters. The summed E-state index contributed by atoms with van der Waals surface area (Å²) in [6.45, 7) is 0. The Bertz CT molecular complexity index is 4280. The molecule has 0 N–H and O–H groups in total. The molecule has 0 saturated heterocycles. The minimum atomic E-state index is 0.608. The number of hydrogen-bond acceptors (Lipinski definition) is 5. The molecule has 10 aromatic carbocycles. The normalized spacial score (nSPS) is 11.7. The van der Waals surface area contributed by atoms with Crippen LogP contribution in [0.2, 0.25) is 0 Å². The molecule has 0 aliphatic carbocycles. The third-order valence-electron chi connectivity index (χ3n) is 13.6. The quantitative estimate of drug-likeness (QED) is 0.149. The summed E-state index contributed by atoms with van der Waals surface area (Å²) in [7, 11) is 0. The predicted molar refractivity (Wildman–Crippen MR) is 287 cm³/mol. The van der Waals surface area contributed by atoms with Crippen LogP contribution < -0.4 is 0 Å². The Hall–Kier alpha value is -9.52. The van der Waals surface area contributed by atoms with Crippen molar-refractivity contribution in [2.75, 3.05) is 0 Å². The molecule has 0 radical (unpaired) electrons. The van der Waals surface area contributed by atoms with Gasteiger partial charge in [-0.25, -0.2) is 19.9 Å². The second-order valence-electron chi connectivity index (χ2n) is 17.7. The van der Waals surface area contributed by atoms with Gasteiger partial charge in [-0.1, -0.05) is 194 Å². The Morgan fingerprint density at radius 1 is 0.300 bits per heavy atom. The monoisotopic (exact) mass is 893 g/mol.